The molecular formula is C42H23NS2. The molecule has 0 N–H and O–H groups in total. The van der Waals surface area contributed by atoms with Crippen molar-refractivity contribution < 1.29 is 0 Å². The van der Waals surface area contributed by atoms with Crippen molar-refractivity contribution in [2.45, 2.75) is 0 Å². The van der Waals surface area contributed by atoms with Gasteiger partial charge in [0.15, 0.2) is 0 Å². The molecule has 45 heavy (non-hydrogen) atoms. The van der Waals surface area contributed by atoms with Crippen molar-refractivity contribution in [3.63, 3.8) is 0 Å². The molecule has 0 radical (unpaired) electrons. The van der Waals surface area contributed by atoms with Crippen LogP contribution in [0.25, 0.3) is 101 Å². The number of para-hydroxylation sites is 1. The highest BCUT2D eigenvalue weighted by atomic mass is 32.1. The maximum Gasteiger partial charge on any atom is 0.0541 e. The zero-order chi connectivity index (χ0) is 29.2. The average molecular weight is 606 g/mol. The third-order valence-corrected chi connectivity index (χ3v) is 12.1. The maximum atomic E-state index is 2.44. The first-order valence-electron chi connectivity index (χ1n) is 15.3. The Labute approximate surface area is 266 Å². The van der Waals surface area contributed by atoms with Crippen molar-refractivity contribution in [1.82, 2.24) is 4.57 Å². The van der Waals surface area contributed by atoms with Gasteiger partial charge in [-0.15, -0.1) is 22.7 Å². The number of fused-ring (bicyclic) bond motifs is 11. The summed E-state index contributed by atoms with van der Waals surface area (Å²) in [6.45, 7) is 0. The lowest BCUT2D eigenvalue weighted by Gasteiger charge is -2.09. The Morgan fingerprint density at radius 2 is 1.11 bits per heavy atom. The van der Waals surface area contributed by atoms with Crippen LogP contribution >= 0.6 is 22.7 Å². The number of benzene rings is 7. The minimum atomic E-state index is 1.20. The normalized spacial score (nSPS) is 12.4. The minimum absolute atomic E-state index is 1.20. The first kappa shape index (κ1) is 24.1. The number of thiophene rings is 2. The first-order chi connectivity index (χ1) is 22.3. The zero-order valence-corrected chi connectivity index (χ0v) is 25.7. The summed E-state index contributed by atoms with van der Waals surface area (Å²) in [4.78, 5) is 1.41. The molecule has 11 rings (SSSR count). The Hall–Kier alpha value is -5.22. The smallest absolute Gasteiger partial charge is 0.0541 e. The third-order valence-electron chi connectivity index (χ3n) is 9.73. The number of rotatable bonds is 2. The van der Waals surface area contributed by atoms with E-state index in [0.717, 1.165) is 0 Å². The number of hydrogen-bond acceptors (Lipinski definition) is 2. The summed E-state index contributed by atoms with van der Waals surface area (Å²) in [6, 6.07) is 52.0. The SMILES string of the molecule is c1cc2c3c(cccc3c1)-c1c-2sc2ccc(-c3ccc4c(c3)c3ccccc3n4-c3ccc4sc5ccccc5c4c3)cc12. The summed E-state index contributed by atoms with van der Waals surface area (Å²) >= 11 is 3.79. The summed E-state index contributed by atoms with van der Waals surface area (Å²) in [7, 11) is 0. The quantitative estimate of drug-likeness (QED) is 0.185. The topological polar surface area (TPSA) is 4.93 Å². The Morgan fingerprint density at radius 1 is 0.422 bits per heavy atom. The molecule has 0 atom stereocenters. The monoisotopic (exact) mass is 605 g/mol. The largest absolute Gasteiger partial charge is 0.309 e. The molecule has 7 aromatic carbocycles. The van der Waals surface area contributed by atoms with Crippen LogP contribution in [0.4, 0.5) is 0 Å². The predicted molar refractivity (Wildman–Crippen MR) is 196 cm³/mol. The predicted octanol–water partition coefficient (Wildman–Crippen LogP) is 12.8. The molecule has 0 unspecified atom stereocenters. The summed E-state index contributed by atoms with van der Waals surface area (Å²) in [5.41, 5.74) is 10.3. The molecule has 1 aliphatic carbocycles. The van der Waals surface area contributed by atoms with Crippen LogP contribution in [0, 0.1) is 0 Å². The number of hydrogen-bond donors (Lipinski definition) is 0. The van der Waals surface area contributed by atoms with E-state index in [9.17, 15) is 0 Å². The maximum absolute atomic E-state index is 2.44. The lowest BCUT2D eigenvalue weighted by molar-refractivity contribution is 1.19. The standard InChI is InChI=1S/C42H23NS2/c1-3-13-35-28(9-1)32-21-25(15-18-36(32)43(35)27-17-20-38-33(23-27)29-10-2-4-14-37(29)44-38)26-16-19-39-34(22-26)41-30-11-5-7-24-8-6-12-31(40(24)30)42(41)45-39/h1-23H. The van der Waals surface area contributed by atoms with E-state index in [1.807, 2.05) is 22.7 Å². The van der Waals surface area contributed by atoms with Gasteiger partial charge in [0.1, 0.15) is 0 Å². The van der Waals surface area contributed by atoms with E-state index < -0.39 is 0 Å². The Morgan fingerprint density at radius 3 is 2.02 bits per heavy atom. The molecular weight excluding hydrogens is 583 g/mol. The van der Waals surface area contributed by atoms with Crippen LogP contribution in [0.2, 0.25) is 0 Å². The molecule has 0 amide bonds. The summed E-state index contributed by atoms with van der Waals surface area (Å²) < 4.78 is 6.46. The van der Waals surface area contributed by atoms with Gasteiger partial charge in [0, 0.05) is 62.7 Å². The van der Waals surface area contributed by atoms with Gasteiger partial charge in [-0.2, -0.15) is 0 Å². The van der Waals surface area contributed by atoms with Gasteiger partial charge in [-0.05, 0) is 82.1 Å². The second kappa shape index (κ2) is 8.70. The van der Waals surface area contributed by atoms with E-state index in [1.54, 1.807) is 0 Å². The van der Waals surface area contributed by atoms with E-state index in [-0.39, 0.29) is 0 Å². The molecule has 0 spiro atoms. The molecule has 1 aliphatic rings. The molecule has 3 heterocycles. The van der Waals surface area contributed by atoms with E-state index in [4.69, 9.17) is 0 Å². The molecule has 3 heteroatoms. The highest BCUT2D eigenvalue weighted by Crippen LogP contribution is 2.54. The van der Waals surface area contributed by atoms with Crippen LogP contribution in [-0.4, -0.2) is 4.57 Å². The van der Waals surface area contributed by atoms with E-state index >= 15 is 0 Å². The van der Waals surface area contributed by atoms with Crippen LogP contribution in [0.5, 0.6) is 0 Å². The van der Waals surface area contributed by atoms with Crippen LogP contribution < -0.4 is 0 Å². The van der Waals surface area contributed by atoms with Crippen LogP contribution in [0.1, 0.15) is 0 Å². The van der Waals surface area contributed by atoms with Gasteiger partial charge in [-0.25, -0.2) is 0 Å². The fourth-order valence-electron chi connectivity index (χ4n) is 7.76. The zero-order valence-electron chi connectivity index (χ0n) is 24.0. The van der Waals surface area contributed by atoms with E-state index in [2.05, 4.69) is 144 Å². The van der Waals surface area contributed by atoms with Gasteiger partial charge in [0.05, 0.1) is 11.0 Å². The van der Waals surface area contributed by atoms with Crippen molar-refractivity contribution in [2.24, 2.45) is 0 Å². The van der Waals surface area contributed by atoms with Gasteiger partial charge in [-0.1, -0.05) is 84.9 Å². The lowest BCUT2D eigenvalue weighted by Crippen LogP contribution is -1.93. The van der Waals surface area contributed by atoms with Crippen LogP contribution in [0.3, 0.4) is 0 Å². The number of aromatic nitrogens is 1. The first-order valence-corrected chi connectivity index (χ1v) is 17.0. The Kier molecular flexibility index (Phi) is 4.67. The molecule has 10 aromatic rings. The van der Waals surface area contributed by atoms with E-state index in [0.29, 0.717) is 0 Å². The van der Waals surface area contributed by atoms with Crippen molar-refractivity contribution in [1.29, 1.82) is 0 Å². The summed E-state index contributed by atoms with van der Waals surface area (Å²) in [6.07, 6.45) is 0. The fourth-order valence-corrected chi connectivity index (χ4v) is 10.1. The van der Waals surface area contributed by atoms with Crippen LogP contribution in [-0.2, 0) is 0 Å². The minimum Gasteiger partial charge on any atom is -0.309 e. The van der Waals surface area contributed by atoms with Crippen molar-refractivity contribution in [2.75, 3.05) is 0 Å². The van der Waals surface area contributed by atoms with Crippen LogP contribution in [0.15, 0.2) is 140 Å². The van der Waals surface area contributed by atoms with Gasteiger partial charge in [0.2, 0.25) is 0 Å². The number of nitrogens with zero attached hydrogens (tertiary/aromatic N) is 1. The third kappa shape index (κ3) is 3.21. The molecule has 0 fully saturated rings. The van der Waals surface area contributed by atoms with Crippen molar-refractivity contribution in [3.05, 3.63) is 140 Å². The van der Waals surface area contributed by atoms with Gasteiger partial charge in [0.25, 0.3) is 0 Å². The summed E-state index contributed by atoms with van der Waals surface area (Å²) in [5.74, 6) is 0. The Bertz CT molecular complexity index is 2870. The van der Waals surface area contributed by atoms with E-state index in [1.165, 1.54) is 101 Å². The molecule has 3 aromatic heterocycles. The average Bonchev–Trinajstić information content (AvgIpc) is 3.83. The second-order valence-corrected chi connectivity index (χ2v) is 14.2. The molecule has 0 saturated carbocycles. The Balaban J connectivity index is 1.11. The molecule has 0 aliphatic heterocycles. The van der Waals surface area contributed by atoms with Gasteiger partial charge >= 0.3 is 0 Å². The van der Waals surface area contributed by atoms with Gasteiger partial charge in [-0.3, -0.25) is 0 Å². The van der Waals surface area contributed by atoms with Crippen molar-refractivity contribution >= 4 is 85.5 Å². The fraction of sp³-hybridized carbons (Fsp3) is 0. The molecule has 0 saturated heterocycles. The lowest BCUT2D eigenvalue weighted by atomic mass is 9.98. The second-order valence-electron chi connectivity index (χ2n) is 12.1. The van der Waals surface area contributed by atoms with Crippen molar-refractivity contribution in [3.8, 4) is 38.4 Å². The highest BCUT2D eigenvalue weighted by molar-refractivity contribution is 7.25. The molecule has 0 bridgehead atoms. The molecule has 1 nitrogen and oxygen atoms in total. The van der Waals surface area contributed by atoms with Gasteiger partial charge < -0.3 is 4.57 Å². The highest BCUT2D eigenvalue weighted by Gasteiger charge is 2.26. The molecule has 208 valence electrons. The summed E-state index contributed by atoms with van der Waals surface area (Å²) in [5, 5.41) is 9.30.